The number of phenols is 1. The molecule has 0 aliphatic heterocycles. The second kappa shape index (κ2) is 8.21. The number of methoxy groups -OCH3 is 1. The second-order valence-electron chi connectivity index (χ2n) is 5.67. The van der Waals surface area contributed by atoms with Crippen LogP contribution in [0.5, 0.6) is 11.5 Å². The molecule has 0 bridgehead atoms. The number of carbonyl (C=O) groups excluding carboxylic acids is 1. The number of para-hydroxylation sites is 2. The van der Waals surface area contributed by atoms with Gasteiger partial charge in [0.2, 0.25) is 5.91 Å². The molecule has 0 saturated heterocycles. The number of rotatable bonds is 6. The third-order valence-electron chi connectivity index (χ3n) is 3.81. The van der Waals surface area contributed by atoms with E-state index in [1.807, 2.05) is 0 Å². The van der Waals surface area contributed by atoms with Gasteiger partial charge in [-0.15, -0.1) is 0 Å². The molecule has 0 aromatic heterocycles. The zero-order chi connectivity index (χ0) is 18.4. The van der Waals surface area contributed by atoms with Gasteiger partial charge in [-0.05, 0) is 35.9 Å². The van der Waals surface area contributed by atoms with Crippen molar-refractivity contribution in [3.05, 3.63) is 60.2 Å². The first-order chi connectivity index (χ1) is 11.9. The number of anilines is 2. The van der Waals surface area contributed by atoms with E-state index in [9.17, 15) is 15.0 Å². The molecule has 2 aromatic carbocycles. The number of aromatic hydroxyl groups is 1. The van der Waals surface area contributed by atoms with Gasteiger partial charge in [-0.1, -0.05) is 31.2 Å². The maximum atomic E-state index is 12.0. The Morgan fingerprint density at radius 3 is 2.64 bits per heavy atom. The molecule has 0 radical (unpaired) electrons. The van der Waals surface area contributed by atoms with Crippen LogP contribution in [0.25, 0.3) is 0 Å². The fraction of sp³-hybridized carbons (Fsp3) is 0.211. The second-order valence-corrected chi connectivity index (χ2v) is 5.67. The van der Waals surface area contributed by atoms with Gasteiger partial charge in [-0.2, -0.15) is 0 Å². The largest absolute Gasteiger partial charge is 0.504 e. The normalized spacial score (nSPS) is 13.4. The minimum atomic E-state index is -0.873. The fourth-order valence-corrected chi connectivity index (χ4v) is 2.32. The van der Waals surface area contributed by atoms with Crippen LogP contribution in [0.2, 0.25) is 0 Å². The Labute approximate surface area is 146 Å². The van der Waals surface area contributed by atoms with Gasteiger partial charge in [0.25, 0.3) is 0 Å². The van der Waals surface area contributed by atoms with Crippen LogP contribution in [0.1, 0.15) is 18.6 Å². The van der Waals surface area contributed by atoms with Crippen molar-refractivity contribution in [1.82, 2.24) is 0 Å². The summed E-state index contributed by atoms with van der Waals surface area (Å²) in [5, 5.41) is 22.8. The van der Waals surface area contributed by atoms with Crippen molar-refractivity contribution < 1.29 is 19.7 Å². The van der Waals surface area contributed by atoms with Crippen molar-refractivity contribution in [1.29, 1.82) is 0 Å². The molecule has 1 amide bonds. The Morgan fingerprint density at radius 1 is 1.28 bits per heavy atom. The minimum absolute atomic E-state index is 0.0486. The van der Waals surface area contributed by atoms with Crippen LogP contribution in [0, 0.1) is 5.92 Å². The predicted octanol–water partition coefficient (Wildman–Crippen LogP) is 2.85. The van der Waals surface area contributed by atoms with Crippen LogP contribution in [0.15, 0.2) is 54.6 Å². The molecule has 0 saturated carbocycles. The Hall–Kier alpha value is -2.99. The SMILES string of the molecule is COc1ccc([C@@H](O)[C@H](C)/C=C/C(=O)Nc2ccccc2N)cc1O. The minimum Gasteiger partial charge on any atom is -0.504 e. The molecule has 132 valence electrons. The molecule has 5 N–H and O–H groups in total. The molecule has 0 spiro atoms. The number of aliphatic hydroxyl groups excluding tert-OH is 1. The van der Waals surface area contributed by atoms with Crippen LogP contribution in [-0.2, 0) is 4.79 Å². The lowest BCUT2D eigenvalue weighted by Gasteiger charge is -2.17. The summed E-state index contributed by atoms with van der Waals surface area (Å²) in [7, 11) is 1.45. The molecule has 6 nitrogen and oxygen atoms in total. The Morgan fingerprint density at radius 2 is 2.00 bits per heavy atom. The van der Waals surface area contributed by atoms with Gasteiger partial charge < -0.3 is 26.0 Å². The number of ether oxygens (including phenoxy) is 1. The van der Waals surface area contributed by atoms with E-state index in [1.54, 1.807) is 49.4 Å². The van der Waals surface area contributed by atoms with E-state index in [-0.39, 0.29) is 17.6 Å². The summed E-state index contributed by atoms with van der Waals surface area (Å²) in [5.74, 6) is -0.396. The lowest BCUT2D eigenvalue weighted by Crippen LogP contribution is -2.12. The summed E-state index contributed by atoms with van der Waals surface area (Å²) in [5.41, 5.74) is 7.32. The average molecular weight is 342 g/mol. The van der Waals surface area contributed by atoms with E-state index in [2.05, 4.69) is 5.32 Å². The molecule has 2 aromatic rings. The number of phenolic OH excluding ortho intramolecular Hbond substituents is 1. The van der Waals surface area contributed by atoms with Gasteiger partial charge in [0.05, 0.1) is 24.6 Å². The molecule has 2 rings (SSSR count). The van der Waals surface area contributed by atoms with Crippen LogP contribution in [-0.4, -0.2) is 23.2 Å². The summed E-state index contributed by atoms with van der Waals surface area (Å²) < 4.78 is 4.98. The topological polar surface area (TPSA) is 105 Å². The number of nitrogens with one attached hydrogen (secondary N) is 1. The third-order valence-corrected chi connectivity index (χ3v) is 3.81. The van der Waals surface area contributed by atoms with Crippen molar-refractivity contribution in [3.8, 4) is 11.5 Å². The average Bonchev–Trinajstić information content (AvgIpc) is 2.61. The number of carbonyl (C=O) groups is 1. The molecule has 0 aliphatic rings. The van der Waals surface area contributed by atoms with Crippen molar-refractivity contribution in [2.24, 2.45) is 5.92 Å². The summed E-state index contributed by atoms with van der Waals surface area (Å²) in [6, 6.07) is 11.6. The van der Waals surface area contributed by atoms with Gasteiger partial charge in [0.1, 0.15) is 0 Å². The van der Waals surface area contributed by atoms with Gasteiger partial charge in [0.15, 0.2) is 11.5 Å². The Kier molecular flexibility index (Phi) is 6.03. The molecule has 0 fully saturated rings. The molecule has 0 heterocycles. The standard InChI is InChI=1S/C19H22N2O4/c1-12(19(24)13-8-9-17(25-2)16(22)11-13)7-10-18(23)21-15-6-4-3-5-14(15)20/h3-12,19,22,24H,20H2,1-2H3,(H,21,23)/b10-7+/t12-,19+/m1/s1. The smallest absolute Gasteiger partial charge is 0.248 e. The highest BCUT2D eigenvalue weighted by Crippen LogP contribution is 2.31. The zero-order valence-corrected chi connectivity index (χ0v) is 14.1. The van der Waals surface area contributed by atoms with E-state index in [0.29, 0.717) is 22.7 Å². The lowest BCUT2D eigenvalue weighted by molar-refractivity contribution is -0.111. The van der Waals surface area contributed by atoms with Crippen LogP contribution in [0.4, 0.5) is 11.4 Å². The van der Waals surface area contributed by atoms with E-state index >= 15 is 0 Å². The molecule has 6 heteroatoms. The number of hydrogen-bond acceptors (Lipinski definition) is 5. The lowest BCUT2D eigenvalue weighted by atomic mass is 9.96. The summed E-state index contributed by atoms with van der Waals surface area (Å²) in [6.07, 6.45) is 2.08. The molecule has 0 unspecified atom stereocenters. The first kappa shape index (κ1) is 18.4. The highest BCUT2D eigenvalue weighted by atomic mass is 16.5. The number of amides is 1. The molecule has 0 aliphatic carbocycles. The number of nitrogen functional groups attached to an aromatic ring is 1. The highest BCUT2D eigenvalue weighted by Gasteiger charge is 2.16. The van der Waals surface area contributed by atoms with Crippen molar-refractivity contribution in [2.75, 3.05) is 18.2 Å². The Balaban J connectivity index is 2.01. The summed E-state index contributed by atoms with van der Waals surface area (Å²) in [6.45, 7) is 1.77. The van der Waals surface area contributed by atoms with E-state index in [4.69, 9.17) is 10.5 Å². The molecular formula is C19H22N2O4. The van der Waals surface area contributed by atoms with E-state index in [0.717, 1.165) is 0 Å². The first-order valence-electron chi connectivity index (χ1n) is 7.81. The fourth-order valence-electron chi connectivity index (χ4n) is 2.32. The molecular weight excluding hydrogens is 320 g/mol. The number of benzene rings is 2. The van der Waals surface area contributed by atoms with E-state index in [1.165, 1.54) is 19.3 Å². The third kappa shape index (κ3) is 4.74. The van der Waals surface area contributed by atoms with Crippen molar-refractivity contribution >= 4 is 17.3 Å². The quantitative estimate of drug-likeness (QED) is 0.477. The molecule has 2 atom stereocenters. The van der Waals surface area contributed by atoms with E-state index < -0.39 is 6.10 Å². The maximum Gasteiger partial charge on any atom is 0.248 e. The number of hydrogen-bond donors (Lipinski definition) is 4. The first-order valence-corrected chi connectivity index (χ1v) is 7.81. The Bertz CT molecular complexity index is 774. The van der Waals surface area contributed by atoms with Gasteiger partial charge >= 0.3 is 0 Å². The highest BCUT2D eigenvalue weighted by molar-refractivity contribution is 6.01. The summed E-state index contributed by atoms with van der Waals surface area (Å²) >= 11 is 0. The van der Waals surface area contributed by atoms with Crippen molar-refractivity contribution in [2.45, 2.75) is 13.0 Å². The van der Waals surface area contributed by atoms with Crippen LogP contribution in [0.3, 0.4) is 0 Å². The monoisotopic (exact) mass is 342 g/mol. The molecule has 25 heavy (non-hydrogen) atoms. The van der Waals surface area contributed by atoms with Gasteiger partial charge in [0, 0.05) is 5.92 Å². The summed E-state index contributed by atoms with van der Waals surface area (Å²) in [4.78, 5) is 12.0. The maximum absolute atomic E-state index is 12.0. The predicted molar refractivity (Wildman–Crippen MR) is 97.4 cm³/mol. The van der Waals surface area contributed by atoms with Crippen molar-refractivity contribution in [3.63, 3.8) is 0 Å². The van der Waals surface area contributed by atoms with Crippen LogP contribution < -0.4 is 15.8 Å². The van der Waals surface area contributed by atoms with Gasteiger partial charge in [-0.25, -0.2) is 0 Å². The van der Waals surface area contributed by atoms with Crippen LogP contribution >= 0.6 is 0 Å². The van der Waals surface area contributed by atoms with Gasteiger partial charge in [-0.3, -0.25) is 4.79 Å². The number of aliphatic hydroxyl groups is 1. The zero-order valence-electron chi connectivity index (χ0n) is 14.1. The number of nitrogens with two attached hydrogens (primary N) is 1.